The molecule has 1 aliphatic heterocycles. The second-order valence-corrected chi connectivity index (χ2v) is 10.1. The summed E-state index contributed by atoms with van der Waals surface area (Å²) in [6.07, 6.45) is 8.48. The third kappa shape index (κ3) is 6.92. The highest BCUT2D eigenvalue weighted by atomic mass is 32.2. The molecule has 192 valence electrons. The van der Waals surface area contributed by atoms with Crippen molar-refractivity contribution in [2.45, 2.75) is 59.3 Å². The number of para-hydroxylation sites is 1. The summed E-state index contributed by atoms with van der Waals surface area (Å²) in [5.74, 6) is 0.732. The van der Waals surface area contributed by atoms with E-state index in [1.807, 2.05) is 54.6 Å². The number of anilines is 1. The van der Waals surface area contributed by atoms with Crippen molar-refractivity contribution in [1.82, 2.24) is 0 Å². The normalized spacial score (nSPS) is 15.6. The summed E-state index contributed by atoms with van der Waals surface area (Å²) in [5.41, 5.74) is 5.06. The summed E-state index contributed by atoms with van der Waals surface area (Å²) < 4.78 is 6.10. The first-order chi connectivity index (χ1) is 18.1. The standard InChI is InChI=1S/C32H36N2O2S/c1-4-7-8-11-22-36-29-13-10-9-12-26(29)23-30-31(35)34(28-20-16-25(6-3)17-21-28)32(37-30)33-27-18-14-24(5-2)15-19-27/h9-10,12-21,23H,4-8,11,22H2,1-3H3. The molecule has 0 N–H and O–H groups in total. The predicted octanol–water partition coefficient (Wildman–Crippen LogP) is 8.58. The van der Waals surface area contributed by atoms with Gasteiger partial charge < -0.3 is 4.74 Å². The van der Waals surface area contributed by atoms with Gasteiger partial charge in [0.05, 0.1) is 22.9 Å². The number of nitrogens with zero attached hydrogens (tertiary/aromatic N) is 2. The molecule has 0 saturated carbocycles. The highest BCUT2D eigenvalue weighted by molar-refractivity contribution is 8.19. The van der Waals surface area contributed by atoms with Crippen LogP contribution in [0.1, 0.15) is 63.1 Å². The van der Waals surface area contributed by atoms with Crippen molar-refractivity contribution < 1.29 is 9.53 Å². The third-order valence-corrected chi connectivity index (χ3v) is 7.41. The van der Waals surface area contributed by atoms with Crippen molar-refractivity contribution in [3.05, 3.63) is 94.4 Å². The molecular weight excluding hydrogens is 476 g/mol. The van der Waals surface area contributed by atoms with Crippen molar-refractivity contribution in [2.75, 3.05) is 11.5 Å². The van der Waals surface area contributed by atoms with Gasteiger partial charge in [0.25, 0.3) is 5.91 Å². The number of rotatable bonds is 11. The summed E-state index contributed by atoms with van der Waals surface area (Å²) >= 11 is 1.41. The molecule has 1 aliphatic rings. The van der Waals surface area contributed by atoms with Crippen LogP contribution >= 0.6 is 11.8 Å². The molecule has 3 aromatic rings. The second-order valence-electron chi connectivity index (χ2n) is 9.13. The topological polar surface area (TPSA) is 41.9 Å². The number of amidine groups is 1. The van der Waals surface area contributed by atoms with E-state index in [1.165, 1.54) is 42.2 Å². The number of aryl methyl sites for hydroxylation is 2. The van der Waals surface area contributed by atoms with E-state index in [0.717, 1.165) is 42.0 Å². The maximum absolute atomic E-state index is 13.7. The quantitative estimate of drug-likeness (QED) is 0.191. The number of hydrogen-bond donors (Lipinski definition) is 0. The largest absolute Gasteiger partial charge is 0.493 e. The van der Waals surface area contributed by atoms with Crippen LogP contribution < -0.4 is 9.64 Å². The van der Waals surface area contributed by atoms with Gasteiger partial charge in [-0.2, -0.15) is 0 Å². The van der Waals surface area contributed by atoms with Crippen molar-refractivity contribution >= 4 is 40.3 Å². The Morgan fingerprint density at radius 2 is 1.51 bits per heavy atom. The third-order valence-electron chi connectivity index (χ3n) is 6.44. The van der Waals surface area contributed by atoms with Gasteiger partial charge in [0, 0.05) is 5.56 Å². The molecule has 0 unspecified atom stereocenters. The maximum Gasteiger partial charge on any atom is 0.271 e. The smallest absolute Gasteiger partial charge is 0.271 e. The number of amides is 1. The summed E-state index contributed by atoms with van der Waals surface area (Å²) in [5, 5.41) is 0.655. The Morgan fingerprint density at radius 1 is 0.838 bits per heavy atom. The Bertz CT molecular complexity index is 1250. The minimum Gasteiger partial charge on any atom is -0.493 e. The van der Waals surface area contributed by atoms with Gasteiger partial charge in [-0.3, -0.25) is 9.69 Å². The minimum atomic E-state index is -0.0732. The molecule has 0 atom stereocenters. The Hall–Kier alpha value is -3.31. The molecule has 3 aromatic carbocycles. The highest BCUT2D eigenvalue weighted by Crippen LogP contribution is 2.38. The zero-order valence-electron chi connectivity index (χ0n) is 22.1. The van der Waals surface area contributed by atoms with Crippen LogP contribution in [-0.2, 0) is 17.6 Å². The molecule has 0 aliphatic carbocycles. The second kappa shape index (κ2) is 13.3. The predicted molar refractivity (Wildman–Crippen MR) is 158 cm³/mol. The lowest BCUT2D eigenvalue weighted by molar-refractivity contribution is -0.113. The molecule has 1 saturated heterocycles. The number of hydrogen-bond acceptors (Lipinski definition) is 4. The van der Waals surface area contributed by atoms with E-state index in [-0.39, 0.29) is 5.91 Å². The molecule has 1 fully saturated rings. The molecule has 0 bridgehead atoms. The van der Waals surface area contributed by atoms with Crippen LogP contribution in [0.15, 0.2) is 82.7 Å². The van der Waals surface area contributed by atoms with Crippen LogP contribution in [0.2, 0.25) is 0 Å². The molecule has 5 heteroatoms. The van der Waals surface area contributed by atoms with Crippen molar-refractivity contribution in [3.8, 4) is 5.75 Å². The van der Waals surface area contributed by atoms with Gasteiger partial charge in [0.2, 0.25) is 0 Å². The molecule has 1 heterocycles. The average molecular weight is 513 g/mol. The van der Waals surface area contributed by atoms with Crippen LogP contribution in [0.4, 0.5) is 11.4 Å². The first-order valence-corrected chi connectivity index (χ1v) is 14.2. The van der Waals surface area contributed by atoms with E-state index in [1.54, 1.807) is 4.90 Å². The summed E-state index contributed by atoms with van der Waals surface area (Å²) in [6.45, 7) is 7.15. The van der Waals surface area contributed by atoms with Gasteiger partial charge in [-0.15, -0.1) is 0 Å². The van der Waals surface area contributed by atoms with E-state index < -0.39 is 0 Å². The van der Waals surface area contributed by atoms with Gasteiger partial charge in [-0.25, -0.2) is 4.99 Å². The molecule has 4 nitrogen and oxygen atoms in total. The van der Waals surface area contributed by atoms with E-state index in [0.29, 0.717) is 16.7 Å². The van der Waals surface area contributed by atoms with E-state index in [9.17, 15) is 4.79 Å². The molecule has 4 rings (SSSR count). The van der Waals surface area contributed by atoms with Crippen LogP contribution in [-0.4, -0.2) is 17.7 Å². The van der Waals surface area contributed by atoms with E-state index in [2.05, 4.69) is 45.0 Å². The number of ether oxygens (including phenoxy) is 1. The lowest BCUT2D eigenvalue weighted by Crippen LogP contribution is -2.28. The van der Waals surface area contributed by atoms with Gasteiger partial charge >= 0.3 is 0 Å². The molecule has 1 amide bonds. The average Bonchev–Trinajstić information content (AvgIpc) is 3.23. The number of unbranched alkanes of at least 4 members (excludes halogenated alkanes) is 3. The number of benzene rings is 3. The van der Waals surface area contributed by atoms with Crippen molar-refractivity contribution in [2.24, 2.45) is 4.99 Å². The van der Waals surface area contributed by atoms with Crippen LogP contribution in [0.5, 0.6) is 5.75 Å². The molecule has 37 heavy (non-hydrogen) atoms. The molecular formula is C32H36N2O2S. The Balaban J connectivity index is 1.65. The number of carbonyl (C=O) groups is 1. The van der Waals surface area contributed by atoms with E-state index >= 15 is 0 Å². The Morgan fingerprint density at radius 3 is 2.19 bits per heavy atom. The monoisotopic (exact) mass is 512 g/mol. The fraction of sp³-hybridized carbons (Fsp3) is 0.312. The van der Waals surface area contributed by atoms with Crippen molar-refractivity contribution in [1.29, 1.82) is 0 Å². The minimum absolute atomic E-state index is 0.0732. The van der Waals surface area contributed by atoms with Gasteiger partial charge in [0.15, 0.2) is 5.17 Å². The Labute approximate surface area is 225 Å². The summed E-state index contributed by atoms with van der Waals surface area (Å²) in [4.78, 5) is 21.0. The Kier molecular flexibility index (Phi) is 9.61. The van der Waals surface area contributed by atoms with Crippen LogP contribution in [0, 0.1) is 0 Å². The lowest BCUT2D eigenvalue weighted by atomic mass is 10.1. The fourth-order valence-corrected chi connectivity index (χ4v) is 5.15. The van der Waals surface area contributed by atoms with Crippen LogP contribution in [0.25, 0.3) is 6.08 Å². The van der Waals surface area contributed by atoms with Crippen LogP contribution in [0.3, 0.4) is 0 Å². The number of carbonyl (C=O) groups excluding carboxylic acids is 1. The highest BCUT2D eigenvalue weighted by Gasteiger charge is 2.35. The van der Waals surface area contributed by atoms with Gasteiger partial charge in [0.1, 0.15) is 5.75 Å². The zero-order chi connectivity index (χ0) is 26.0. The summed E-state index contributed by atoms with van der Waals surface area (Å²) in [6, 6.07) is 24.3. The molecule has 0 radical (unpaired) electrons. The molecule has 0 aromatic heterocycles. The first kappa shape index (κ1) is 26.7. The summed E-state index contributed by atoms with van der Waals surface area (Å²) in [7, 11) is 0. The number of thioether (sulfide) groups is 1. The zero-order valence-corrected chi connectivity index (χ0v) is 22.9. The van der Waals surface area contributed by atoms with Gasteiger partial charge in [-0.05, 0) is 78.6 Å². The SMILES string of the molecule is CCCCCCOc1ccccc1C=C1SC(=Nc2ccc(CC)cc2)N(c2ccc(CC)cc2)C1=O. The van der Waals surface area contributed by atoms with Crippen molar-refractivity contribution in [3.63, 3.8) is 0 Å². The maximum atomic E-state index is 13.7. The first-order valence-electron chi connectivity index (χ1n) is 13.3. The van der Waals surface area contributed by atoms with E-state index in [4.69, 9.17) is 9.73 Å². The van der Waals surface area contributed by atoms with Gasteiger partial charge in [-0.1, -0.05) is 82.5 Å². The fourth-order valence-electron chi connectivity index (χ4n) is 4.16. The number of aliphatic imine (C=N–C) groups is 1. The lowest BCUT2D eigenvalue weighted by Gasteiger charge is -2.16. The molecule has 0 spiro atoms.